The van der Waals surface area contributed by atoms with E-state index >= 15 is 0 Å². The Morgan fingerprint density at radius 1 is 1.10 bits per heavy atom. The molecule has 2 aromatic heterocycles. The van der Waals surface area contributed by atoms with Gasteiger partial charge in [-0.2, -0.15) is 13.2 Å². The summed E-state index contributed by atoms with van der Waals surface area (Å²) in [4.78, 5) is 7.74. The molecule has 2 heterocycles. The standard InChI is InChI=1S/C13H10BrF3N2O/c14-9-2-3-10(18-7-9)5-12(20)11-4-1-8(6-19-11)13(15,16)17/h1-4,6-7,12,20H,5H2. The summed E-state index contributed by atoms with van der Waals surface area (Å²) in [6, 6.07) is 5.57. The van der Waals surface area contributed by atoms with Gasteiger partial charge >= 0.3 is 6.18 Å². The first-order valence-corrected chi connectivity index (χ1v) is 6.47. The van der Waals surface area contributed by atoms with Crippen molar-refractivity contribution in [1.29, 1.82) is 0 Å². The highest BCUT2D eigenvalue weighted by Crippen LogP contribution is 2.29. The van der Waals surface area contributed by atoms with Gasteiger partial charge in [0.2, 0.25) is 0 Å². The minimum absolute atomic E-state index is 0.183. The van der Waals surface area contributed by atoms with Crippen LogP contribution in [0.15, 0.2) is 41.1 Å². The molecule has 0 amide bonds. The number of pyridine rings is 2. The molecule has 0 aliphatic rings. The third-order valence-electron chi connectivity index (χ3n) is 2.65. The van der Waals surface area contributed by atoms with Gasteiger partial charge in [-0.05, 0) is 40.2 Å². The minimum Gasteiger partial charge on any atom is -0.386 e. The van der Waals surface area contributed by atoms with Crippen molar-refractivity contribution < 1.29 is 18.3 Å². The van der Waals surface area contributed by atoms with Crippen LogP contribution in [0.2, 0.25) is 0 Å². The molecule has 0 saturated heterocycles. The fourth-order valence-electron chi connectivity index (χ4n) is 1.60. The third-order valence-corrected chi connectivity index (χ3v) is 3.12. The second-order valence-electron chi connectivity index (χ2n) is 4.16. The summed E-state index contributed by atoms with van der Waals surface area (Å²) >= 11 is 3.24. The molecular weight excluding hydrogens is 337 g/mol. The lowest BCUT2D eigenvalue weighted by atomic mass is 10.1. The van der Waals surface area contributed by atoms with Crippen LogP contribution in [-0.4, -0.2) is 15.1 Å². The third kappa shape index (κ3) is 3.77. The smallest absolute Gasteiger partial charge is 0.386 e. The molecule has 2 rings (SSSR count). The SMILES string of the molecule is OC(Cc1ccc(Br)cn1)c1ccc(C(F)(F)F)cn1. The normalized spacial score (nSPS) is 13.2. The van der Waals surface area contributed by atoms with Crippen molar-refractivity contribution in [2.75, 3.05) is 0 Å². The molecule has 1 N–H and O–H groups in total. The highest BCUT2D eigenvalue weighted by atomic mass is 79.9. The molecule has 3 nitrogen and oxygen atoms in total. The largest absolute Gasteiger partial charge is 0.417 e. The lowest BCUT2D eigenvalue weighted by Crippen LogP contribution is -2.09. The van der Waals surface area contributed by atoms with Crippen LogP contribution in [-0.2, 0) is 12.6 Å². The van der Waals surface area contributed by atoms with Crippen LogP contribution in [0.3, 0.4) is 0 Å². The fourth-order valence-corrected chi connectivity index (χ4v) is 1.83. The van der Waals surface area contributed by atoms with E-state index in [1.54, 1.807) is 18.3 Å². The predicted octanol–water partition coefficient (Wildman–Crippen LogP) is 3.53. The van der Waals surface area contributed by atoms with Crippen LogP contribution < -0.4 is 0 Å². The van der Waals surface area contributed by atoms with E-state index in [0.717, 1.165) is 10.5 Å². The summed E-state index contributed by atoms with van der Waals surface area (Å²) in [6.45, 7) is 0. The van der Waals surface area contributed by atoms with Gasteiger partial charge in [0.1, 0.15) is 6.10 Å². The highest BCUT2D eigenvalue weighted by molar-refractivity contribution is 9.10. The van der Waals surface area contributed by atoms with Crippen LogP contribution in [0.25, 0.3) is 0 Å². The van der Waals surface area contributed by atoms with Crippen LogP contribution in [0, 0.1) is 0 Å². The van der Waals surface area contributed by atoms with Crippen LogP contribution in [0.1, 0.15) is 23.1 Å². The summed E-state index contributed by atoms with van der Waals surface area (Å²) < 4.78 is 38.0. The zero-order chi connectivity index (χ0) is 14.8. The molecule has 0 bridgehead atoms. The van der Waals surface area contributed by atoms with Crippen molar-refractivity contribution in [3.8, 4) is 0 Å². The second-order valence-corrected chi connectivity index (χ2v) is 5.07. The Morgan fingerprint density at radius 2 is 1.85 bits per heavy atom. The molecule has 0 aliphatic carbocycles. The predicted molar refractivity (Wildman–Crippen MR) is 69.8 cm³/mol. The second kappa shape index (κ2) is 5.88. The Morgan fingerprint density at radius 3 is 2.35 bits per heavy atom. The molecule has 1 unspecified atom stereocenters. The van der Waals surface area contributed by atoms with Gasteiger partial charge in [-0.15, -0.1) is 0 Å². The number of nitrogens with zero attached hydrogens (tertiary/aromatic N) is 2. The summed E-state index contributed by atoms with van der Waals surface area (Å²) in [5.74, 6) is 0. The van der Waals surface area contributed by atoms with Gasteiger partial charge in [0.15, 0.2) is 0 Å². The molecule has 0 radical (unpaired) electrons. The topological polar surface area (TPSA) is 46.0 Å². The van der Waals surface area contributed by atoms with Crippen molar-refractivity contribution >= 4 is 15.9 Å². The first-order chi connectivity index (χ1) is 9.36. The Hall–Kier alpha value is -1.47. The van der Waals surface area contributed by atoms with E-state index in [4.69, 9.17) is 0 Å². The monoisotopic (exact) mass is 346 g/mol. The van der Waals surface area contributed by atoms with Gasteiger partial charge < -0.3 is 5.11 Å². The molecule has 7 heteroatoms. The van der Waals surface area contributed by atoms with E-state index < -0.39 is 17.8 Å². The molecule has 0 saturated carbocycles. The molecule has 0 fully saturated rings. The van der Waals surface area contributed by atoms with Crippen molar-refractivity contribution in [3.05, 3.63) is 58.1 Å². The molecule has 0 aliphatic heterocycles. The summed E-state index contributed by atoms with van der Waals surface area (Å²) in [7, 11) is 0. The van der Waals surface area contributed by atoms with E-state index in [0.29, 0.717) is 11.9 Å². The molecule has 2 aromatic rings. The van der Waals surface area contributed by atoms with Crippen molar-refractivity contribution in [2.45, 2.75) is 18.7 Å². The number of alkyl halides is 3. The van der Waals surface area contributed by atoms with Gasteiger partial charge in [-0.25, -0.2) is 0 Å². The highest BCUT2D eigenvalue weighted by Gasteiger charge is 2.30. The zero-order valence-electron chi connectivity index (χ0n) is 10.1. The van der Waals surface area contributed by atoms with E-state index in [9.17, 15) is 18.3 Å². The Labute approximate surface area is 121 Å². The molecule has 0 aromatic carbocycles. The first kappa shape index (κ1) is 14.9. The molecule has 20 heavy (non-hydrogen) atoms. The summed E-state index contributed by atoms with van der Waals surface area (Å²) in [5.41, 5.74) is -0.0275. The van der Waals surface area contributed by atoms with Crippen LogP contribution in [0.4, 0.5) is 13.2 Å². The van der Waals surface area contributed by atoms with E-state index in [2.05, 4.69) is 25.9 Å². The quantitative estimate of drug-likeness (QED) is 0.924. The number of aliphatic hydroxyl groups excluding tert-OH is 1. The van der Waals surface area contributed by atoms with Gasteiger partial charge in [-0.1, -0.05) is 0 Å². The van der Waals surface area contributed by atoms with Crippen molar-refractivity contribution in [1.82, 2.24) is 9.97 Å². The Bertz CT molecular complexity index is 570. The molecule has 1 atom stereocenters. The number of hydrogen-bond donors (Lipinski definition) is 1. The van der Waals surface area contributed by atoms with Gasteiger partial charge in [0.25, 0.3) is 0 Å². The van der Waals surface area contributed by atoms with Crippen molar-refractivity contribution in [3.63, 3.8) is 0 Å². The zero-order valence-corrected chi connectivity index (χ0v) is 11.7. The molecule has 0 spiro atoms. The number of hydrogen-bond acceptors (Lipinski definition) is 3. The lowest BCUT2D eigenvalue weighted by Gasteiger charge is -2.11. The van der Waals surface area contributed by atoms with E-state index in [1.807, 2.05) is 0 Å². The number of halogens is 4. The van der Waals surface area contributed by atoms with Crippen molar-refractivity contribution in [2.24, 2.45) is 0 Å². The van der Waals surface area contributed by atoms with Gasteiger partial charge in [-0.3, -0.25) is 9.97 Å². The fraction of sp³-hybridized carbons (Fsp3) is 0.231. The summed E-state index contributed by atoms with van der Waals surface area (Å²) in [5, 5.41) is 9.94. The Balaban J connectivity index is 2.09. The van der Waals surface area contributed by atoms with E-state index in [-0.39, 0.29) is 12.1 Å². The molecular formula is C13H10BrF3N2O. The average molecular weight is 347 g/mol. The minimum atomic E-state index is -4.43. The van der Waals surface area contributed by atoms with Gasteiger partial charge in [0, 0.05) is 29.0 Å². The van der Waals surface area contributed by atoms with Crippen LogP contribution in [0.5, 0.6) is 0 Å². The van der Waals surface area contributed by atoms with Gasteiger partial charge in [0.05, 0.1) is 11.3 Å². The maximum Gasteiger partial charge on any atom is 0.417 e. The molecule has 106 valence electrons. The number of aliphatic hydroxyl groups is 1. The lowest BCUT2D eigenvalue weighted by molar-refractivity contribution is -0.137. The number of rotatable bonds is 3. The average Bonchev–Trinajstić information content (AvgIpc) is 2.40. The first-order valence-electron chi connectivity index (χ1n) is 5.68. The van der Waals surface area contributed by atoms with E-state index in [1.165, 1.54) is 6.07 Å². The Kier molecular flexibility index (Phi) is 4.39. The summed E-state index contributed by atoms with van der Waals surface area (Å²) in [6.07, 6.45) is -2.93. The maximum atomic E-state index is 12.4. The number of aromatic nitrogens is 2. The van der Waals surface area contributed by atoms with Crippen LogP contribution >= 0.6 is 15.9 Å². The maximum absolute atomic E-state index is 12.4.